The van der Waals surface area contributed by atoms with E-state index in [0.29, 0.717) is 12.5 Å². The summed E-state index contributed by atoms with van der Waals surface area (Å²) in [7, 11) is 1.86. The molecule has 2 aromatic rings. The third-order valence-corrected chi connectivity index (χ3v) is 2.18. The summed E-state index contributed by atoms with van der Waals surface area (Å²) in [6, 6.07) is 5.63. The van der Waals surface area contributed by atoms with Crippen molar-refractivity contribution in [2.24, 2.45) is 7.05 Å². The van der Waals surface area contributed by atoms with Gasteiger partial charge in [0.05, 0.1) is 10.9 Å². The summed E-state index contributed by atoms with van der Waals surface area (Å²) in [5.74, 6) is 0.618. The van der Waals surface area contributed by atoms with Crippen molar-refractivity contribution in [2.45, 2.75) is 0 Å². The number of aryl methyl sites for hydroxylation is 1. The van der Waals surface area contributed by atoms with Crippen LogP contribution in [0.3, 0.4) is 0 Å². The maximum Gasteiger partial charge on any atom is 0.241 e. The smallest absolute Gasteiger partial charge is 0.241 e. The molecule has 0 bridgehead atoms. The summed E-state index contributed by atoms with van der Waals surface area (Å²) in [6.45, 7) is 4.05. The predicted octanol–water partition coefficient (Wildman–Crippen LogP) is 1.72. The Hall–Kier alpha value is -1.97. The molecule has 2 N–H and O–H groups in total. The Morgan fingerprint density at radius 2 is 2.40 bits per heavy atom. The number of nitrogens with zero attached hydrogens (tertiary/aromatic N) is 2. The maximum atomic E-state index is 5.70. The quantitative estimate of drug-likeness (QED) is 0.610. The van der Waals surface area contributed by atoms with Crippen LogP contribution in [0.2, 0.25) is 0 Å². The van der Waals surface area contributed by atoms with Gasteiger partial charge in [-0.3, -0.25) is 4.68 Å². The molecule has 0 aliphatic rings. The van der Waals surface area contributed by atoms with Crippen LogP contribution in [0.5, 0.6) is 5.88 Å². The number of benzene rings is 1. The van der Waals surface area contributed by atoms with Crippen molar-refractivity contribution in [1.29, 1.82) is 0 Å². The number of nitrogens with two attached hydrogens (primary N) is 1. The summed E-state index contributed by atoms with van der Waals surface area (Å²) in [5, 5.41) is 5.23. The molecule has 15 heavy (non-hydrogen) atoms. The van der Waals surface area contributed by atoms with Crippen molar-refractivity contribution in [2.75, 3.05) is 12.3 Å². The number of aromatic nitrogens is 2. The summed E-state index contributed by atoms with van der Waals surface area (Å²) in [4.78, 5) is 0. The fraction of sp³-hybridized carbons (Fsp3) is 0.182. The fourth-order valence-corrected chi connectivity index (χ4v) is 1.49. The van der Waals surface area contributed by atoms with Crippen LogP contribution in [0, 0.1) is 0 Å². The molecule has 0 unspecified atom stereocenters. The number of fused-ring (bicyclic) bond motifs is 1. The molecule has 0 atom stereocenters. The summed E-state index contributed by atoms with van der Waals surface area (Å²) in [5.41, 5.74) is 7.39. The van der Waals surface area contributed by atoms with Crippen molar-refractivity contribution in [3.8, 4) is 5.88 Å². The van der Waals surface area contributed by atoms with Crippen molar-refractivity contribution < 1.29 is 4.74 Å². The van der Waals surface area contributed by atoms with Gasteiger partial charge in [0.25, 0.3) is 0 Å². The van der Waals surface area contributed by atoms with Gasteiger partial charge < -0.3 is 10.5 Å². The molecule has 0 saturated carbocycles. The van der Waals surface area contributed by atoms with Gasteiger partial charge in [0.1, 0.15) is 6.61 Å². The molecule has 0 aliphatic carbocycles. The van der Waals surface area contributed by atoms with Gasteiger partial charge in [-0.2, -0.15) is 0 Å². The third-order valence-electron chi connectivity index (χ3n) is 2.18. The van der Waals surface area contributed by atoms with Gasteiger partial charge in [0.2, 0.25) is 5.88 Å². The van der Waals surface area contributed by atoms with E-state index < -0.39 is 0 Å². The van der Waals surface area contributed by atoms with Crippen LogP contribution in [0.25, 0.3) is 10.9 Å². The molecular formula is C11H13N3O. The second kappa shape index (κ2) is 3.65. The Morgan fingerprint density at radius 1 is 1.60 bits per heavy atom. The van der Waals surface area contributed by atoms with E-state index in [2.05, 4.69) is 11.7 Å². The molecule has 0 aliphatic heterocycles. The summed E-state index contributed by atoms with van der Waals surface area (Å²) in [6.07, 6.45) is 1.69. The molecule has 1 aromatic heterocycles. The average molecular weight is 203 g/mol. The van der Waals surface area contributed by atoms with Crippen LogP contribution >= 0.6 is 0 Å². The minimum Gasteiger partial charge on any atom is -0.472 e. The van der Waals surface area contributed by atoms with Crippen LogP contribution in [0.1, 0.15) is 0 Å². The molecular weight excluding hydrogens is 190 g/mol. The van der Waals surface area contributed by atoms with Crippen molar-refractivity contribution in [3.63, 3.8) is 0 Å². The van der Waals surface area contributed by atoms with Crippen LogP contribution < -0.4 is 10.5 Å². The first-order valence-electron chi connectivity index (χ1n) is 4.68. The van der Waals surface area contributed by atoms with Crippen LogP contribution in [0.15, 0.2) is 30.9 Å². The van der Waals surface area contributed by atoms with E-state index >= 15 is 0 Å². The van der Waals surface area contributed by atoms with Gasteiger partial charge in [0, 0.05) is 12.7 Å². The number of hydrogen-bond donors (Lipinski definition) is 1. The van der Waals surface area contributed by atoms with E-state index in [1.54, 1.807) is 10.8 Å². The van der Waals surface area contributed by atoms with E-state index in [-0.39, 0.29) is 0 Å². The minimum absolute atomic E-state index is 0.455. The SMILES string of the molecule is C=CCOc1nn(C)c2cc(N)ccc12. The van der Waals surface area contributed by atoms with Gasteiger partial charge in [-0.25, -0.2) is 0 Å². The van der Waals surface area contributed by atoms with E-state index in [0.717, 1.165) is 16.6 Å². The highest BCUT2D eigenvalue weighted by molar-refractivity contribution is 5.87. The van der Waals surface area contributed by atoms with E-state index in [4.69, 9.17) is 10.5 Å². The van der Waals surface area contributed by atoms with E-state index in [1.165, 1.54) is 0 Å². The van der Waals surface area contributed by atoms with Crippen molar-refractivity contribution >= 4 is 16.6 Å². The van der Waals surface area contributed by atoms with Crippen molar-refractivity contribution in [1.82, 2.24) is 9.78 Å². The monoisotopic (exact) mass is 203 g/mol. The Bertz CT molecular complexity index is 502. The average Bonchev–Trinajstić information content (AvgIpc) is 2.53. The van der Waals surface area contributed by atoms with Crippen LogP contribution in [-0.4, -0.2) is 16.4 Å². The first kappa shape index (κ1) is 9.58. The van der Waals surface area contributed by atoms with Gasteiger partial charge in [-0.05, 0) is 18.2 Å². The molecule has 4 heteroatoms. The lowest BCUT2D eigenvalue weighted by Crippen LogP contribution is -1.95. The Balaban J connectivity index is 2.52. The summed E-state index contributed by atoms with van der Waals surface area (Å²) >= 11 is 0. The van der Waals surface area contributed by atoms with E-state index in [9.17, 15) is 0 Å². The standard InChI is InChI=1S/C11H13N3O/c1-3-6-15-11-9-5-4-8(12)7-10(9)14(2)13-11/h3-5,7H,1,6,12H2,2H3. The molecule has 1 heterocycles. The molecule has 78 valence electrons. The first-order valence-corrected chi connectivity index (χ1v) is 4.68. The molecule has 0 radical (unpaired) electrons. The van der Waals surface area contributed by atoms with E-state index in [1.807, 2.05) is 25.2 Å². The molecule has 0 fully saturated rings. The highest BCUT2D eigenvalue weighted by Crippen LogP contribution is 2.25. The highest BCUT2D eigenvalue weighted by atomic mass is 16.5. The number of nitrogen functional groups attached to an aromatic ring is 1. The van der Waals surface area contributed by atoms with Gasteiger partial charge in [-0.15, -0.1) is 5.10 Å². The Morgan fingerprint density at radius 3 is 3.13 bits per heavy atom. The lowest BCUT2D eigenvalue weighted by atomic mass is 10.2. The lowest BCUT2D eigenvalue weighted by molar-refractivity contribution is 0.348. The van der Waals surface area contributed by atoms with Gasteiger partial charge in [-0.1, -0.05) is 12.7 Å². The van der Waals surface area contributed by atoms with Crippen LogP contribution in [-0.2, 0) is 7.05 Å². The molecule has 2 rings (SSSR count). The fourth-order valence-electron chi connectivity index (χ4n) is 1.49. The van der Waals surface area contributed by atoms with Crippen molar-refractivity contribution in [3.05, 3.63) is 30.9 Å². The van der Waals surface area contributed by atoms with Crippen LogP contribution in [0.4, 0.5) is 5.69 Å². The Kier molecular flexibility index (Phi) is 2.33. The second-order valence-corrected chi connectivity index (χ2v) is 3.31. The molecule has 0 amide bonds. The zero-order valence-electron chi connectivity index (χ0n) is 8.60. The molecule has 1 aromatic carbocycles. The molecule has 0 saturated heterocycles. The zero-order valence-corrected chi connectivity index (χ0v) is 8.60. The number of rotatable bonds is 3. The van der Waals surface area contributed by atoms with Gasteiger partial charge in [0.15, 0.2) is 0 Å². The van der Waals surface area contributed by atoms with Gasteiger partial charge >= 0.3 is 0 Å². The summed E-state index contributed by atoms with van der Waals surface area (Å²) < 4.78 is 7.19. The topological polar surface area (TPSA) is 53.1 Å². The minimum atomic E-state index is 0.455. The number of ether oxygens (including phenoxy) is 1. The lowest BCUT2D eigenvalue weighted by Gasteiger charge is -1.98. The Labute approximate surface area is 87.9 Å². The normalized spacial score (nSPS) is 10.5. The first-order chi connectivity index (χ1) is 7.22. The predicted molar refractivity (Wildman–Crippen MR) is 60.8 cm³/mol. The molecule has 0 spiro atoms. The largest absolute Gasteiger partial charge is 0.472 e. The number of anilines is 1. The highest BCUT2D eigenvalue weighted by Gasteiger charge is 2.08. The second-order valence-electron chi connectivity index (χ2n) is 3.31. The third kappa shape index (κ3) is 1.66. The maximum absolute atomic E-state index is 5.70. The number of hydrogen-bond acceptors (Lipinski definition) is 3. The zero-order chi connectivity index (χ0) is 10.8. The molecule has 4 nitrogen and oxygen atoms in total.